The lowest BCUT2D eigenvalue weighted by atomic mass is 9.60. The van der Waals surface area contributed by atoms with Crippen molar-refractivity contribution in [1.82, 2.24) is 40.2 Å². The third kappa shape index (κ3) is 11.3. The Morgan fingerprint density at radius 3 is 1.60 bits per heavy atom. The largest absolute Gasteiger partial charge is 0.490 e. The van der Waals surface area contributed by atoms with Crippen molar-refractivity contribution in [2.75, 3.05) is 23.0 Å². The van der Waals surface area contributed by atoms with Gasteiger partial charge in [-0.1, -0.05) is 0 Å². The SMILES string of the molecule is Cn1cnnc1CC1(c2cc(OC3CCC(c4nnc(CC5(c6cc(OC7CCCC7)cc(N7Cc8c(cc(CNC9(C)CCC9)cc8C(F)(F)F)C7=O)c6)CC(F)(F)C5)n4C)C3)cc(N3Cc4c(cc(CNC5(C)CCC5)cc4C(F)(F)F)C3=O)c2)COC1. The molecule has 6 aromatic rings. The number of alkyl halides is 8. The molecule has 3 aliphatic heterocycles. The molecule has 478 valence electrons. The topological polar surface area (TPSA) is 154 Å². The number of amides is 2. The van der Waals surface area contributed by atoms with Crippen LogP contribution in [0.5, 0.6) is 11.5 Å². The van der Waals surface area contributed by atoms with Crippen LogP contribution in [0.2, 0.25) is 0 Å². The van der Waals surface area contributed by atoms with E-state index in [0.717, 1.165) is 81.9 Å². The minimum atomic E-state index is -4.75. The fourth-order valence-corrected chi connectivity index (χ4v) is 15.4. The van der Waals surface area contributed by atoms with E-state index in [1.54, 1.807) is 49.8 Å². The Labute approximate surface area is 516 Å². The lowest BCUT2D eigenvalue weighted by Crippen LogP contribution is -2.51. The monoisotopic (exact) mass is 1250 g/mol. The molecule has 23 heteroatoms. The normalized spacial score (nSPS) is 22.9. The highest BCUT2D eigenvalue weighted by molar-refractivity contribution is 6.11. The van der Waals surface area contributed by atoms with Crippen molar-refractivity contribution in [3.63, 3.8) is 0 Å². The minimum absolute atomic E-state index is 0.00517. The fraction of sp³-hybridized carbons (Fsp3) is 0.552. The summed E-state index contributed by atoms with van der Waals surface area (Å²) in [4.78, 5) is 31.8. The van der Waals surface area contributed by atoms with Gasteiger partial charge in [0.05, 0.1) is 49.6 Å². The number of hydrogen-bond acceptors (Lipinski definition) is 11. The predicted octanol–water partition coefficient (Wildman–Crippen LogP) is 12.8. The van der Waals surface area contributed by atoms with Crippen LogP contribution >= 0.6 is 0 Å². The molecule has 90 heavy (non-hydrogen) atoms. The summed E-state index contributed by atoms with van der Waals surface area (Å²) in [6, 6.07) is 15.9. The molecule has 2 N–H and O–H groups in total. The first kappa shape index (κ1) is 60.6. The van der Waals surface area contributed by atoms with Crippen LogP contribution in [-0.2, 0) is 81.0 Å². The second-order valence-corrected chi connectivity index (χ2v) is 27.9. The maximum Gasteiger partial charge on any atom is 0.416 e. The second kappa shape index (κ2) is 22.1. The third-order valence-corrected chi connectivity index (χ3v) is 21.2. The minimum Gasteiger partial charge on any atom is -0.490 e. The first-order chi connectivity index (χ1) is 42.7. The van der Waals surface area contributed by atoms with Gasteiger partial charge >= 0.3 is 12.4 Å². The zero-order valence-electron chi connectivity index (χ0n) is 51.0. The van der Waals surface area contributed by atoms with Crippen LogP contribution in [0, 0.1) is 0 Å². The van der Waals surface area contributed by atoms with Crippen LogP contribution in [0.4, 0.5) is 46.5 Å². The summed E-state index contributed by atoms with van der Waals surface area (Å²) in [6.45, 7) is 4.37. The zero-order chi connectivity index (χ0) is 62.9. The highest BCUT2D eigenvalue weighted by Crippen LogP contribution is 2.57. The van der Waals surface area contributed by atoms with Gasteiger partial charge in [0.1, 0.15) is 35.3 Å². The fourth-order valence-electron chi connectivity index (χ4n) is 15.4. The highest BCUT2D eigenvalue weighted by Gasteiger charge is 2.58. The van der Waals surface area contributed by atoms with E-state index in [1.807, 2.05) is 35.2 Å². The summed E-state index contributed by atoms with van der Waals surface area (Å²) in [5.74, 6) is -1.88. The molecular weight excluding hydrogens is 1180 g/mol. The number of halogens is 8. The van der Waals surface area contributed by atoms with Crippen molar-refractivity contribution in [2.45, 2.75) is 207 Å². The van der Waals surface area contributed by atoms with Gasteiger partial charge in [-0.3, -0.25) is 9.59 Å². The average molecular weight is 1250 g/mol. The molecule has 5 aliphatic carbocycles. The number of fused-ring (bicyclic) bond motifs is 2. The molecule has 5 saturated carbocycles. The first-order valence-corrected chi connectivity index (χ1v) is 31.6. The number of nitrogens with one attached hydrogen (secondary N) is 2. The highest BCUT2D eigenvalue weighted by atomic mass is 19.4. The number of hydrogen-bond donors (Lipinski definition) is 2. The Morgan fingerprint density at radius 1 is 0.611 bits per heavy atom. The molecule has 4 aromatic carbocycles. The molecule has 1 saturated heterocycles. The van der Waals surface area contributed by atoms with Crippen LogP contribution in [0.25, 0.3) is 0 Å². The van der Waals surface area contributed by atoms with Crippen molar-refractivity contribution in [3.05, 3.63) is 140 Å². The molecule has 2 unspecified atom stereocenters. The van der Waals surface area contributed by atoms with E-state index in [1.165, 1.54) is 9.80 Å². The summed E-state index contributed by atoms with van der Waals surface area (Å²) in [7, 11) is 3.65. The summed E-state index contributed by atoms with van der Waals surface area (Å²) >= 11 is 0. The van der Waals surface area contributed by atoms with Crippen molar-refractivity contribution < 1.29 is 58.9 Å². The van der Waals surface area contributed by atoms with Gasteiger partial charge in [0.25, 0.3) is 11.8 Å². The molecule has 5 heterocycles. The lowest BCUT2D eigenvalue weighted by Gasteiger charge is -2.48. The van der Waals surface area contributed by atoms with Gasteiger partial charge in [-0.15, -0.1) is 20.4 Å². The van der Waals surface area contributed by atoms with E-state index < -0.39 is 64.9 Å². The van der Waals surface area contributed by atoms with E-state index in [2.05, 4.69) is 38.0 Å². The lowest BCUT2D eigenvalue weighted by molar-refractivity contribution is -0.139. The maximum atomic E-state index is 15.6. The number of anilines is 2. The average Bonchev–Trinajstić information content (AvgIpc) is 1.11. The number of ether oxygens (including phenoxy) is 3. The first-order valence-electron chi connectivity index (χ1n) is 31.6. The number of carbonyl (C=O) groups is 2. The molecule has 0 spiro atoms. The van der Waals surface area contributed by atoms with Gasteiger partial charge in [0.15, 0.2) is 0 Å². The molecule has 2 amide bonds. The molecule has 6 fully saturated rings. The third-order valence-electron chi connectivity index (χ3n) is 21.2. The van der Waals surface area contributed by atoms with E-state index in [4.69, 9.17) is 14.2 Å². The van der Waals surface area contributed by atoms with E-state index in [9.17, 15) is 35.9 Å². The Morgan fingerprint density at radius 2 is 1.13 bits per heavy atom. The summed E-state index contributed by atoms with van der Waals surface area (Å²) in [6.07, 6.45) is 1.71. The van der Waals surface area contributed by atoms with E-state index in [0.29, 0.717) is 90.2 Å². The number of rotatable bonds is 19. The quantitative estimate of drug-likeness (QED) is 0.0745. The van der Waals surface area contributed by atoms with Gasteiger partial charge < -0.3 is 43.8 Å². The Hall–Kier alpha value is -6.98. The molecule has 15 nitrogen and oxygen atoms in total. The second-order valence-electron chi connectivity index (χ2n) is 27.9. The van der Waals surface area contributed by atoms with E-state index in [-0.39, 0.29) is 89.7 Å². The number of carbonyl (C=O) groups excluding carboxylic acids is 2. The number of nitrogens with zero attached hydrogens (tertiary/aromatic N) is 8. The van der Waals surface area contributed by atoms with E-state index >= 15 is 8.78 Å². The molecule has 8 aliphatic rings. The maximum absolute atomic E-state index is 15.6. The Balaban J connectivity index is 0.735. The Kier molecular flexibility index (Phi) is 14.9. The van der Waals surface area contributed by atoms with Crippen LogP contribution in [-0.4, -0.2) is 83.8 Å². The molecule has 2 atom stereocenters. The van der Waals surface area contributed by atoms with Crippen LogP contribution in [0.15, 0.2) is 67.0 Å². The van der Waals surface area contributed by atoms with Gasteiger partial charge in [0, 0.05) is 115 Å². The van der Waals surface area contributed by atoms with Crippen molar-refractivity contribution in [3.8, 4) is 11.5 Å². The van der Waals surface area contributed by atoms with Gasteiger partial charge in [-0.2, -0.15) is 26.3 Å². The molecule has 0 bridgehead atoms. The standard InChI is InChI=1S/C67H74F8N10O5/c1-61(13-7-14-61)76-30-39-17-50-52(54(19-39)66(70,71)72)32-84(59(50)86)44-22-42(24-48(26-44)89-46-9-5-6-10-46)63(34-65(68,69)35-63)29-57-80-81-58(83(57)4)41-11-12-47(21-41)90-49-25-43(64(36-88-37-64)28-56-79-78-38-82(56)3)23-45(27-49)85-33-53-51(60(85)87)18-40(20-55(53)67(73,74)75)31-77-62(2)15-8-16-62/h17-20,22-27,38,41,46-47,76-77H,5-16,21,28-37H2,1-4H3. The van der Waals surface area contributed by atoms with Crippen LogP contribution in [0.1, 0.15) is 199 Å². The van der Waals surface area contributed by atoms with Crippen LogP contribution in [0.3, 0.4) is 0 Å². The molecule has 14 rings (SSSR count). The predicted molar refractivity (Wildman–Crippen MR) is 317 cm³/mol. The van der Waals surface area contributed by atoms with Gasteiger partial charge in [0.2, 0.25) is 5.92 Å². The summed E-state index contributed by atoms with van der Waals surface area (Å²) in [5.41, 5.74) is -1.64. The van der Waals surface area contributed by atoms with Crippen molar-refractivity contribution in [1.29, 1.82) is 0 Å². The molecule has 0 radical (unpaired) electrons. The zero-order valence-corrected chi connectivity index (χ0v) is 51.0. The number of aromatic nitrogens is 6. The number of benzene rings is 4. The van der Waals surface area contributed by atoms with Gasteiger partial charge in [-0.05, 0) is 179 Å². The smallest absolute Gasteiger partial charge is 0.416 e. The van der Waals surface area contributed by atoms with Crippen molar-refractivity contribution >= 4 is 23.2 Å². The summed E-state index contributed by atoms with van der Waals surface area (Å²) in [5, 5.41) is 24.6. The summed E-state index contributed by atoms with van der Waals surface area (Å²) < 4.78 is 144. The van der Waals surface area contributed by atoms with Gasteiger partial charge in [-0.25, -0.2) is 8.78 Å². The molecule has 2 aromatic heterocycles. The number of aryl methyl sites for hydroxylation is 1. The van der Waals surface area contributed by atoms with Crippen molar-refractivity contribution in [2.24, 2.45) is 14.1 Å². The Bertz CT molecular complexity index is 3800. The molecular formula is C67H74F8N10O5. The van der Waals surface area contributed by atoms with Crippen LogP contribution < -0.4 is 29.9 Å².